The van der Waals surface area contributed by atoms with Gasteiger partial charge in [-0.05, 0) is 12.0 Å². The topological polar surface area (TPSA) is 32.3 Å². The molecule has 1 rings (SSSR count). The molecule has 13 heavy (non-hydrogen) atoms. The Labute approximate surface area is 79.6 Å². The number of rotatable bonds is 5. The van der Waals surface area contributed by atoms with E-state index in [4.69, 9.17) is 5.11 Å². The fourth-order valence-electron chi connectivity index (χ4n) is 1.42. The van der Waals surface area contributed by atoms with Gasteiger partial charge in [-0.25, -0.2) is 0 Å². The highest BCUT2D eigenvalue weighted by Crippen LogP contribution is 2.14. The lowest BCUT2D eigenvalue weighted by atomic mass is 10.1. The molecular weight excluding hydrogens is 162 g/mol. The lowest BCUT2D eigenvalue weighted by Crippen LogP contribution is -2.23. The minimum Gasteiger partial charge on any atom is -0.395 e. The second-order valence-electron chi connectivity index (χ2n) is 3.05. The van der Waals surface area contributed by atoms with E-state index in [9.17, 15) is 0 Å². The van der Waals surface area contributed by atoms with Gasteiger partial charge in [0.15, 0.2) is 0 Å². The van der Waals surface area contributed by atoms with Crippen LogP contribution in [0.1, 0.15) is 24.9 Å². The van der Waals surface area contributed by atoms with E-state index < -0.39 is 0 Å². The Balaban J connectivity index is 2.56. The summed E-state index contributed by atoms with van der Waals surface area (Å²) in [5, 5.41) is 12.0. The summed E-state index contributed by atoms with van der Waals surface area (Å²) in [5.41, 5.74) is 1.29. The molecule has 0 heterocycles. The van der Waals surface area contributed by atoms with Crippen molar-refractivity contribution in [2.45, 2.75) is 19.4 Å². The summed E-state index contributed by atoms with van der Waals surface area (Å²) in [6, 6.07) is 10.7. The molecule has 1 aromatic carbocycles. The molecule has 72 valence electrons. The second-order valence-corrected chi connectivity index (χ2v) is 3.05. The van der Waals surface area contributed by atoms with Crippen molar-refractivity contribution >= 4 is 0 Å². The van der Waals surface area contributed by atoms with E-state index >= 15 is 0 Å². The third-order valence-corrected chi connectivity index (χ3v) is 2.11. The monoisotopic (exact) mass is 179 g/mol. The van der Waals surface area contributed by atoms with Crippen molar-refractivity contribution in [3.05, 3.63) is 35.9 Å². The molecular formula is C11H17NO. The third kappa shape index (κ3) is 3.17. The molecule has 0 spiro atoms. The largest absolute Gasteiger partial charge is 0.395 e. The van der Waals surface area contributed by atoms with Crippen LogP contribution in [-0.4, -0.2) is 18.3 Å². The molecule has 1 aromatic rings. The molecule has 2 heteroatoms. The standard InChI is InChI=1S/C11H17NO/c1-2-11(12-8-9-13)10-6-4-3-5-7-10/h3-7,11-13H,2,8-9H2,1H3/t11-/m1/s1. The number of aliphatic hydroxyl groups is 1. The van der Waals surface area contributed by atoms with Crippen LogP contribution in [0.15, 0.2) is 30.3 Å². The highest BCUT2D eigenvalue weighted by Gasteiger charge is 2.05. The average molecular weight is 179 g/mol. The molecule has 0 fully saturated rings. The van der Waals surface area contributed by atoms with E-state index in [0.717, 1.165) is 6.42 Å². The van der Waals surface area contributed by atoms with Crippen LogP contribution >= 0.6 is 0 Å². The normalized spacial score (nSPS) is 12.8. The van der Waals surface area contributed by atoms with Gasteiger partial charge in [-0.2, -0.15) is 0 Å². The molecule has 0 aromatic heterocycles. The summed E-state index contributed by atoms with van der Waals surface area (Å²) < 4.78 is 0. The summed E-state index contributed by atoms with van der Waals surface area (Å²) in [6.07, 6.45) is 1.05. The van der Waals surface area contributed by atoms with Crippen molar-refractivity contribution < 1.29 is 5.11 Å². The van der Waals surface area contributed by atoms with Crippen LogP contribution in [0.3, 0.4) is 0 Å². The van der Waals surface area contributed by atoms with Crippen LogP contribution in [0.5, 0.6) is 0 Å². The van der Waals surface area contributed by atoms with Crippen molar-refractivity contribution in [2.75, 3.05) is 13.2 Å². The maximum absolute atomic E-state index is 8.70. The zero-order valence-corrected chi connectivity index (χ0v) is 8.03. The Bertz CT molecular complexity index is 223. The van der Waals surface area contributed by atoms with E-state index in [1.54, 1.807) is 0 Å². The molecule has 0 aliphatic heterocycles. The Kier molecular flexibility index (Phi) is 4.50. The summed E-state index contributed by atoms with van der Waals surface area (Å²) in [5.74, 6) is 0. The first-order valence-corrected chi connectivity index (χ1v) is 4.77. The van der Waals surface area contributed by atoms with E-state index in [0.29, 0.717) is 12.6 Å². The molecule has 2 nitrogen and oxygen atoms in total. The fourth-order valence-corrected chi connectivity index (χ4v) is 1.42. The van der Waals surface area contributed by atoms with Gasteiger partial charge in [0.1, 0.15) is 0 Å². The lowest BCUT2D eigenvalue weighted by molar-refractivity contribution is 0.283. The van der Waals surface area contributed by atoms with Crippen LogP contribution < -0.4 is 5.32 Å². The van der Waals surface area contributed by atoms with Crippen LogP contribution in [0.25, 0.3) is 0 Å². The Hall–Kier alpha value is -0.860. The summed E-state index contributed by atoms with van der Waals surface area (Å²) in [7, 11) is 0. The van der Waals surface area contributed by atoms with Gasteiger partial charge in [-0.3, -0.25) is 0 Å². The van der Waals surface area contributed by atoms with Gasteiger partial charge >= 0.3 is 0 Å². The molecule has 0 saturated heterocycles. The quantitative estimate of drug-likeness (QED) is 0.721. The molecule has 0 aliphatic rings. The maximum Gasteiger partial charge on any atom is 0.0556 e. The zero-order chi connectivity index (χ0) is 9.52. The second kappa shape index (κ2) is 5.73. The lowest BCUT2D eigenvalue weighted by Gasteiger charge is -2.16. The van der Waals surface area contributed by atoms with Crippen molar-refractivity contribution in [2.24, 2.45) is 0 Å². The fraction of sp³-hybridized carbons (Fsp3) is 0.455. The van der Waals surface area contributed by atoms with Gasteiger partial charge < -0.3 is 10.4 Å². The highest BCUT2D eigenvalue weighted by molar-refractivity contribution is 5.18. The third-order valence-electron chi connectivity index (χ3n) is 2.11. The summed E-state index contributed by atoms with van der Waals surface area (Å²) in [6.45, 7) is 3.00. The molecule has 0 bridgehead atoms. The SMILES string of the molecule is CC[C@@H](NCCO)c1ccccc1. The van der Waals surface area contributed by atoms with Gasteiger partial charge in [0, 0.05) is 12.6 Å². The molecule has 2 N–H and O–H groups in total. The number of hydrogen-bond donors (Lipinski definition) is 2. The number of aliphatic hydroxyl groups excluding tert-OH is 1. The van der Waals surface area contributed by atoms with Crippen LogP contribution in [0.4, 0.5) is 0 Å². The van der Waals surface area contributed by atoms with E-state index in [1.807, 2.05) is 18.2 Å². The first-order valence-electron chi connectivity index (χ1n) is 4.77. The van der Waals surface area contributed by atoms with Gasteiger partial charge in [0.2, 0.25) is 0 Å². The number of nitrogens with one attached hydrogen (secondary N) is 1. The van der Waals surface area contributed by atoms with Gasteiger partial charge in [-0.15, -0.1) is 0 Å². The van der Waals surface area contributed by atoms with Gasteiger partial charge in [0.05, 0.1) is 6.61 Å². The Morgan fingerprint density at radius 2 is 2.00 bits per heavy atom. The molecule has 0 unspecified atom stereocenters. The van der Waals surface area contributed by atoms with Gasteiger partial charge in [0.25, 0.3) is 0 Å². The van der Waals surface area contributed by atoms with E-state index in [-0.39, 0.29) is 6.61 Å². The summed E-state index contributed by atoms with van der Waals surface area (Å²) in [4.78, 5) is 0. The molecule has 0 radical (unpaired) electrons. The number of hydrogen-bond acceptors (Lipinski definition) is 2. The van der Waals surface area contributed by atoms with Crippen LogP contribution in [0.2, 0.25) is 0 Å². The van der Waals surface area contributed by atoms with E-state index in [1.165, 1.54) is 5.56 Å². The molecule has 0 amide bonds. The maximum atomic E-state index is 8.70. The Morgan fingerprint density at radius 1 is 1.31 bits per heavy atom. The Morgan fingerprint density at radius 3 is 2.54 bits per heavy atom. The smallest absolute Gasteiger partial charge is 0.0556 e. The van der Waals surface area contributed by atoms with Crippen molar-refractivity contribution in [3.8, 4) is 0 Å². The van der Waals surface area contributed by atoms with Crippen LogP contribution in [0, 0.1) is 0 Å². The minimum atomic E-state index is 0.198. The first kappa shape index (κ1) is 10.2. The molecule has 1 atom stereocenters. The van der Waals surface area contributed by atoms with Crippen molar-refractivity contribution in [1.82, 2.24) is 5.32 Å². The first-order chi connectivity index (χ1) is 6.38. The zero-order valence-electron chi connectivity index (χ0n) is 8.03. The minimum absolute atomic E-state index is 0.198. The average Bonchev–Trinajstić information content (AvgIpc) is 2.21. The van der Waals surface area contributed by atoms with Gasteiger partial charge in [-0.1, -0.05) is 37.3 Å². The predicted octanol–water partition coefficient (Wildman–Crippen LogP) is 1.72. The van der Waals surface area contributed by atoms with E-state index in [2.05, 4.69) is 24.4 Å². The number of benzene rings is 1. The van der Waals surface area contributed by atoms with Crippen LogP contribution in [-0.2, 0) is 0 Å². The van der Waals surface area contributed by atoms with Crippen molar-refractivity contribution in [1.29, 1.82) is 0 Å². The molecule has 0 saturated carbocycles. The predicted molar refractivity (Wildman–Crippen MR) is 54.6 cm³/mol. The molecule has 0 aliphatic carbocycles. The van der Waals surface area contributed by atoms with Crippen molar-refractivity contribution in [3.63, 3.8) is 0 Å². The summed E-state index contributed by atoms with van der Waals surface area (Å²) >= 11 is 0. The highest BCUT2D eigenvalue weighted by atomic mass is 16.3.